The maximum atomic E-state index is 12.5. The third-order valence-electron chi connectivity index (χ3n) is 2.69. The van der Waals surface area contributed by atoms with Crippen LogP contribution >= 0.6 is 39.9 Å². The summed E-state index contributed by atoms with van der Waals surface area (Å²) in [4.78, 5) is 14.3. The van der Waals surface area contributed by atoms with Gasteiger partial charge >= 0.3 is 0 Å². The number of thioether (sulfide) groups is 1. The molecule has 1 rings (SSSR count). The maximum absolute atomic E-state index is 12.5. The predicted octanol–water partition coefficient (Wildman–Crippen LogP) is 5.22. The first-order valence-corrected chi connectivity index (χ1v) is 8.66. The number of hydrogen-bond donors (Lipinski definition) is 0. The Balaban J connectivity index is 2.86. The van der Waals surface area contributed by atoms with Gasteiger partial charge in [0.05, 0.1) is 6.61 Å². The molecule has 3 nitrogen and oxygen atoms in total. The van der Waals surface area contributed by atoms with E-state index in [0.717, 1.165) is 21.8 Å². The van der Waals surface area contributed by atoms with Crippen molar-refractivity contribution in [2.45, 2.75) is 39.8 Å². The molecule has 1 amide bonds. The van der Waals surface area contributed by atoms with E-state index in [1.807, 2.05) is 52.0 Å². The van der Waals surface area contributed by atoms with Crippen LogP contribution in [0.5, 0.6) is 0 Å². The predicted molar refractivity (Wildman–Crippen MR) is 96.6 cm³/mol. The first kappa shape index (κ1) is 18.5. The van der Waals surface area contributed by atoms with Gasteiger partial charge in [-0.15, -0.1) is 0 Å². The number of ether oxygens (including phenoxy) is 1. The number of hydrogen-bond acceptors (Lipinski definition) is 4. The highest BCUT2D eigenvalue weighted by atomic mass is 79.9. The molecule has 116 valence electrons. The van der Waals surface area contributed by atoms with Gasteiger partial charge in [0.2, 0.25) is 4.38 Å². The molecule has 0 saturated carbocycles. The number of thiocarbonyl (C=S) groups is 1. The Bertz CT molecular complexity index is 515. The Hall–Kier alpha value is -0.590. The molecule has 0 aliphatic rings. The van der Waals surface area contributed by atoms with E-state index >= 15 is 0 Å². The van der Waals surface area contributed by atoms with Crippen molar-refractivity contribution in [2.24, 2.45) is 0 Å². The molecule has 0 aliphatic heterocycles. The second-order valence-electron chi connectivity index (χ2n) is 5.44. The van der Waals surface area contributed by atoms with Gasteiger partial charge in [0.1, 0.15) is 0 Å². The van der Waals surface area contributed by atoms with Crippen molar-refractivity contribution < 1.29 is 9.53 Å². The topological polar surface area (TPSA) is 29.5 Å². The van der Waals surface area contributed by atoms with Gasteiger partial charge in [-0.3, -0.25) is 4.79 Å². The summed E-state index contributed by atoms with van der Waals surface area (Å²) in [7, 11) is 0. The molecular weight excluding hydrogens is 370 g/mol. The maximum Gasteiger partial charge on any atom is 0.290 e. The molecule has 0 N–H and O–H groups in total. The van der Waals surface area contributed by atoms with E-state index in [9.17, 15) is 4.79 Å². The summed E-state index contributed by atoms with van der Waals surface area (Å²) in [6.45, 7) is 8.87. The number of halogens is 1. The zero-order valence-corrected chi connectivity index (χ0v) is 15.9. The minimum atomic E-state index is -0.297. The lowest BCUT2D eigenvalue weighted by molar-refractivity contribution is 0.162. The molecule has 0 aliphatic carbocycles. The Morgan fingerprint density at radius 2 is 2.10 bits per heavy atom. The normalized spacial score (nSPS) is 11.1. The number of amides is 1. The SMILES string of the molecule is CCOC(=S)SC(=O)N(Cc1cccc(Br)c1)C(C)(C)C. The smallest absolute Gasteiger partial charge is 0.290 e. The zero-order chi connectivity index (χ0) is 16.0. The summed E-state index contributed by atoms with van der Waals surface area (Å²) in [6.07, 6.45) is 0. The molecule has 0 unspecified atom stereocenters. The van der Waals surface area contributed by atoms with E-state index in [-0.39, 0.29) is 15.2 Å². The largest absolute Gasteiger partial charge is 0.479 e. The lowest BCUT2D eigenvalue weighted by atomic mass is 10.1. The van der Waals surface area contributed by atoms with Crippen molar-refractivity contribution in [2.75, 3.05) is 6.61 Å². The fourth-order valence-corrected chi connectivity index (χ4v) is 3.21. The molecule has 6 heteroatoms. The summed E-state index contributed by atoms with van der Waals surface area (Å²) in [5, 5.41) is -0.0964. The number of rotatable bonds is 3. The average Bonchev–Trinajstić information content (AvgIpc) is 2.34. The van der Waals surface area contributed by atoms with Gasteiger partial charge < -0.3 is 9.64 Å². The molecule has 0 heterocycles. The van der Waals surface area contributed by atoms with Crippen LogP contribution in [0.2, 0.25) is 0 Å². The minimum absolute atomic E-state index is 0.0964. The number of nitrogens with zero attached hydrogens (tertiary/aromatic N) is 1. The number of carbonyl (C=O) groups is 1. The number of benzene rings is 1. The minimum Gasteiger partial charge on any atom is -0.479 e. The van der Waals surface area contributed by atoms with Gasteiger partial charge in [-0.25, -0.2) is 0 Å². The number of carbonyl (C=O) groups excluding carboxylic acids is 1. The molecule has 0 aromatic heterocycles. The highest BCUT2D eigenvalue weighted by molar-refractivity contribution is 9.10. The molecule has 0 bridgehead atoms. The molecule has 0 spiro atoms. The van der Waals surface area contributed by atoms with Gasteiger partial charge in [-0.2, -0.15) is 0 Å². The van der Waals surface area contributed by atoms with Crippen LogP contribution < -0.4 is 0 Å². The Kier molecular flexibility index (Phi) is 7.16. The fraction of sp³-hybridized carbons (Fsp3) is 0.467. The molecule has 0 fully saturated rings. The van der Waals surface area contributed by atoms with E-state index in [2.05, 4.69) is 15.9 Å². The van der Waals surface area contributed by atoms with Crippen molar-refractivity contribution >= 4 is 49.5 Å². The van der Waals surface area contributed by atoms with E-state index in [0.29, 0.717) is 13.2 Å². The summed E-state index contributed by atoms with van der Waals surface area (Å²) >= 11 is 9.46. The Labute approximate surface area is 144 Å². The third kappa shape index (κ3) is 6.36. The van der Waals surface area contributed by atoms with Gasteiger partial charge in [0.25, 0.3) is 5.24 Å². The first-order chi connectivity index (χ1) is 9.74. The second-order valence-corrected chi connectivity index (χ2v) is 7.91. The highest BCUT2D eigenvalue weighted by Crippen LogP contribution is 2.25. The van der Waals surface area contributed by atoms with Gasteiger partial charge in [-0.05, 0) is 57.6 Å². The Morgan fingerprint density at radius 3 is 2.62 bits per heavy atom. The van der Waals surface area contributed by atoms with Crippen LogP contribution in [-0.2, 0) is 11.3 Å². The average molecular weight is 390 g/mol. The van der Waals surface area contributed by atoms with Crippen LogP contribution in [-0.4, -0.2) is 26.7 Å². The molecule has 1 aromatic carbocycles. The van der Waals surface area contributed by atoms with Crippen molar-refractivity contribution in [1.82, 2.24) is 4.90 Å². The lowest BCUT2D eigenvalue weighted by Gasteiger charge is -2.35. The molecule has 21 heavy (non-hydrogen) atoms. The second kappa shape index (κ2) is 8.15. The van der Waals surface area contributed by atoms with Crippen molar-refractivity contribution in [3.05, 3.63) is 34.3 Å². The summed E-state index contributed by atoms with van der Waals surface area (Å²) < 4.78 is 6.45. The quantitative estimate of drug-likeness (QED) is 0.662. The lowest BCUT2D eigenvalue weighted by Crippen LogP contribution is -2.43. The van der Waals surface area contributed by atoms with Crippen molar-refractivity contribution in [3.8, 4) is 0 Å². The van der Waals surface area contributed by atoms with E-state index in [1.165, 1.54) is 0 Å². The summed E-state index contributed by atoms with van der Waals surface area (Å²) in [5.41, 5.74) is 0.768. The summed E-state index contributed by atoms with van der Waals surface area (Å²) in [6, 6.07) is 7.94. The van der Waals surface area contributed by atoms with Crippen molar-refractivity contribution in [1.29, 1.82) is 0 Å². The highest BCUT2D eigenvalue weighted by Gasteiger charge is 2.28. The molecule has 1 aromatic rings. The van der Waals surface area contributed by atoms with Crippen LogP contribution in [0.3, 0.4) is 0 Å². The Morgan fingerprint density at radius 1 is 1.43 bits per heavy atom. The van der Waals surface area contributed by atoms with Crippen LogP contribution in [0.4, 0.5) is 4.79 Å². The summed E-state index contributed by atoms with van der Waals surface area (Å²) in [5.74, 6) is 0. The molecular formula is C15H20BrNO2S2. The third-order valence-corrected chi connectivity index (χ3v) is 4.23. The van der Waals surface area contributed by atoms with Gasteiger partial charge in [-0.1, -0.05) is 28.1 Å². The van der Waals surface area contributed by atoms with Crippen molar-refractivity contribution in [3.63, 3.8) is 0 Å². The molecule has 0 saturated heterocycles. The standard InChI is InChI=1S/C15H20BrNO2S2/c1-5-19-14(20)21-13(18)17(15(2,3)4)10-11-7-6-8-12(16)9-11/h6-9H,5,10H2,1-4H3. The van der Waals surface area contributed by atoms with Crippen LogP contribution in [0, 0.1) is 0 Å². The van der Waals surface area contributed by atoms with Gasteiger partial charge in [0.15, 0.2) is 0 Å². The van der Waals surface area contributed by atoms with Crippen LogP contribution in [0.15, 0.2) is 28.7 Å². The first-order valence-electron chi connectivity index (χ1n) is 6.64. The van der Waals surface area contributed by atoms with E-state index in [4.69, 9.17) is 17.0 Å². The van der Waals surface area contributed by atoms with Crippen LogP contribution in [0.1, 0.15) is 33.3 Å². The monoisotopic (exact) mass is 389 g/mol. The zero-order valence-electron chi connectivity index (χ0n) is 12.7. The fourth-order valence-electron chi connectivity index (χ4n) is 1.67. The van der Waals surface area contributed by atoms with E-state index < -0.39 is 0 Å². The van der Waals surface area contributed by atoms with E-state index in [1.54, 1.807) is 4.90 Å². The molecule has 0 atom stereocenters. The van der Waals surface area contributed by atoms with Crippen LogP contribution in [0.25, 0.3) is 0 Å². The molecule has 0 radical (unpaired) electrons. The van der Waals surface area contributed by atoms with Gasteiger partial charge in [0, 0.05) is 28.3 Å².